The fraction of sp³-hybridized carbons (Fsp3) is 0.440. The highest BCUT2D eigenvalue weighted by Crippen LogP contribution is 2.32. The molecule has 6 nitrogen and oxygen atoms in total. The molecule has 2 N–H and O–H groups in total. The Morgan fingerprint density at radius 1 is 0.935 bits per heavy atom. The highest BCUT2D eigenvalue weighted by atomic mass is 16.4. The van der Waals surface area contributed by atoms with E-state index in [-0.39, 0.29) is 17.4 Å². The molecule has 2 aromatic rings. The molecule has 0 aromatic heterocycles. The average molecular weight is 425 g/mol. The van der Waals surface area contributed by atoms with Crippen molar-refractivity contribution in [3.05, 3.63) is 70.8 Å². The van der Waals surface area contributed by atoms with Crippen molar-refractivity contribution in [2.24, 2.45) is 5.92 Å². The second kappa shape index (κ2) is 9.00. The third-order valence-electron chi connectivity index (χ3n) is 6.10. The number of likely N-dealkylation sites (tertiary alicyclic amines) is 2. The lowest BCUT2D eigenvalue weighted by Crippen LogP contribution is -2.57. The summed E-state index contributed by atoms with van der Waals surface area (Å²) in [6, 6.07) is 17.4. The quantitative estimate of drug-likeness (QED) is 0.723. The van der Waals surface area contributed by atoms with E-state index in [0.29, 0.717) is 19.6 Å². The van der Waals surface area contributed by atoms with Gasteiger partial charge in [0.2, 0.25) is 0 Å². The summed E-state index contributed by atoms with van der Waals surface area (Å²) in [6.45, 7) is 10.3. The fourth-order valence-electron chi connectivity index (χ4n) is 4.52. The summed E-state index contributed by atoms with van der Waals surface area (Å²) in [5.41, 5.74) is 5.84. The maximum atomic E-state index is 10.6. The minimum atomic E-state index is -0.959. The van der Waals surface area contributed by atoms with E-state index in [9.17, 15) is 9.59 Å². The molecule has 0 saturated carbocycles. The van der Waals surface area contributed by atoms with Crippen molar-refractivity contribution in [2.75, 3.05) is 19.6 Å². The van der Waals surface area contributed by atoms with Gasteiger partial charge in [0.15, 0.2) is 0 Å². The molecule has 2 aromatic carbocycles. The molecule has 2 fully saturated rings. The van der Waals surface area contributed by atoms with E-state index in [1.807, 2.05) is 0 Å². The van der Waals surface area contributed by atoms with Crippen LogP contribution in [0.4, 0.5) is 9.59 Å². The standard InChI is InChI=1S/C18H22.C7H10N2O4/c1-14-12-16(10-11-17(14)18(2,3)4)13-15-8-6-5-7-9-15;10-6(11)8-1-4-2-9(7(12)13)5(4)3-8/h5-12H,13H2,1-4H3;4-5H,1-3H2,(H,10,11)(H,12,13)/t;4-,5-/m.1/s1. The lowest BCUT2D eigenvalue weighted by atomic mass is 9.83. The van der Waals surface area contributed by atoms with Gasteiger partial charge in [-0.05, 0) is 41.0 Å². The Bertz CT molecular complexity index is 924. The number of carbonyl (C=O) groups is 2. The molecule has 166 valence electrons. The van der Waals surface area contributed by atoms with Crippen molar-refractivity contribution >= 4 is 12.2 Å². The van der Waals surface area contributed by atoms with Crippen molar-refractivity contribution in [3.8, 4) is 0 Å². The number of nitrogens with zero attached hydrogens (tertiary/aromatic N) is 2. The van der Waals surface area contributed by atoms with E-state index in [1.165, 1.54) is 32.1 Å². The second-order valence-corrected chi connectivity index (χ2v) is 9.51. The third kappa shape index (κ3) is 5.37. The zero-order valence-electron chi connectivity index (χ0n) is 18.7. The third-order valence-corrected chi connectivity index (χ3v) is 6.10. The molecule has 2 heterocycles. The molecule has 0 spiro atoms. The van der Waals surface area contributed by atoms with Crippen LogP contribution in [0.5, 0.6) is 0 Å². The summed E-state index contributed by atoms with van der Waals surface area (Å²) >= 11 is 0. The number of carboxylic acid groups (broad SMARTS) is 2. The van der Waals surface area contributed by atoms with Crippen LogP contribution in [0.15, 0.2) is 48.5 Å². The lowest BCUT2D eigenvalue weighted by Gasteiger charge is -2.40. The fourth-order valence-corrected chi connectivity index (χ4v) is 4.52. The average Bonchev–Trinajstić information content (AvgIpc) is 2.98. The Hall–Kier alpha value is -3.02. The van der Waals surface area contributed by atoms with Gasteiger partial charge >= 0.3 is 12.2 Å². The van der Waals surface area contributed by atoms with Gasteiger partial charge in [-0.15, -0.1) is 0 Å². The van der Waals surface area contributed by atoms with Gasteiger partial charge in [0, 0.05) is 25.6 Å². The SMILES string of the molecule is Cc1cc(Cc2ccccc2)ccc1C(C)(C)C.O=C(O)N1C[C@@H]2CN(C(=O)O)[C@@H]2C1. The van der Waals surface area contributed by atoms with Crippen LogP contribution in [0.2, 0.25) is 0 Å². The molecule has 0 radical (unpaired) electrons. The van der Waals surface area contributed by atoms with Crippen LogP contribution in [0.25, 0.3) is 0 Å². The molecule has 6 heteroatoms. The molecule has 2 saturated heterocycles. The minimum absolute atomic E-state index is 0.103. The Kier molecular flexibility index (Phi) is 6.58. The van der Waals surface area contributed by atoms with Gasteiger partial charge in [-0.1, -0.05) is 69.3 Å². The first-order valence-electron chi connectivity index (χ1n) is 10.7. The summed E-state index contributed by atoms with van der Waals surface area (Å²) < 4.78 is 0. The van der Waals surface area contributed by atoms with Crippen LogP contribution in [-0.4, -0.2) is 57.9 Å². The molecule has 2 amide bonds. The first-order valence-corrected chi connectivity index (χ1v) is 10.7. The zero-order valence-corrected chi connectivity index (χ0v) is 18.7. The summed E-state index contributed by atoms with van der Waals surface area (Å²) in [7, 11) is 0. The highest BCUT2D eigenvalue weighted by Gasteiger charge is 2.49. The Morgan fingerprint density at radius 2 is 1.61 bits per heavy atom. The first-order chi connectivity index (χ1) is 14.6. The summed E-state index contributed by atoms with van der Waals surface area (Å²) in [6.07, 6.45) is -0.889. The van der Waals surface area contributed by atoms with Crippen molar-refractivity contribution in [3.63, 3.8) is 0 Å². The van der Waals surface area contributed by atoms with Gasteiger partial charge in [-0.3, -0.25) is 0 Å². The predicted molar refractivity (Wildman–Crippen MR) is 121 cm³/mol. The van der Waals surface area contributed by atoms with E-state index >= 15 is 0 Å². The zero-order chi connectivity index (χ0) is 22.8. The second-order valence-electron chi connectivity index (χ2n) is 9.51. The molecule has 0 bridgehead atoms. The number of aryl methyl sites for hydroxylation is 1. The van der Waals surface area contributed by atoms with Crippen molar-refractivity contribution in [2.45, 2.75) is 45.6 Å². The lowest BCUT2D eigenvalue weighted by molar-refractivity contribution is 0.0505. The smallest absolute Gasteiger partial charge is 0.407 e. The summed E-state index contributed by atoms with van der Waals surface area (Å²) in [4.78, 5) is 23.7. The van der Waals surface area contributed by atoms with Crippen LogP contribution in [0.3, 0.4) is 0 Å². The van der Waals surface area contributed by atoms with Crippen LogP contribution < -0.4 is 0 Å². The summed E-state index contributed by atoms with van der Waals surface area (Å²) in [5, 5.41) is 17.3. The van der Waals surface area contributed by atoms with E-state index in [1.54, 1.807) is 0 Å². The van der Waals surface area contributed by atoms with Gasteiger partial charge in [0.05, 0.1) is 6.04 Å². The van der Waals surface area contributed by atoms with Crippen LogP contribution in [-0.2, 0) is 11.8 Å². The molecule has 0 aliphatic carbocycles. The van der Waals surface area contributed by atoms with Gasteiger partial charge in [-0.25, -0.2) is 9.59 Å². The molecule has 2 aliphatic rings. The summed E-state index contributed by atoms with van der Waals surface area (Å²) in [5.74, 6) is 0.215. The molecular formula is C25H32N2O4. The highest BCUT2D eigenvalue weighted by molar-refractivity contribution is 5.69. The molecule has 31 heavy (non-hydrogen) atoms. The van der Waals surface area contributed by atoms with Crippen molar-refractivity contribution in [1.29, 1.82) is 0 Å². The largest absolute Gasteiger partial charge is 0.465 e. The Morgan fingerprint density at radius 3 is 2.16 bits per heavy atom. The number of fused-ring (bicyclic) bond motifs is 1. The van der Waals surface area contributed by atoms with Gasteiger partial charge in [-0.2, -0.15) is 0 Å². The van der Waals surface area contributed by atoms with E-state index in [2.05, 4.69) is 76.2 Å². The number of amides is 2. The number of rotatable bonds is 2. The Balaban J connectivity index is 0.000000185. The van der Waals surface area contributed by atoms with Crippen LogP contribution in [0.1, 0.15) is 43.0 Å². The van der Waals surface area contributed by atoms with E-state index in [4.69, 9.17) is 10.2 Å². The normalized spacial score (nSPS) is 19.7. The van der Waals surface area contributed by atoms with Gasteiger partial charge in [0.1, 0.15) is 0 Å². The molecule has 4 rings (SSSR count). The number of benzene rings is 2. The maximum absolute atomic E-state index is 10.6. The van der Waals surface area contributed by atoms with Crippen LogP contribution >= 0.6 is 0 Å². The van der Waals surface area contributed by atoms with Gasteiger partial charge in [0.25, 0.3) is 0 Å². The van der Waals surface area contributed by atoms with E-state index in [0.717, 1.165) is 6.42 Å². The van der Waals surface area contributed by atoms with Crippen LogP contribution in [0, 0.1) is 12.8 Å². The number of hydrogen-bond donors (Lipinski definition) is 2. The minimum Gasteiger partial charge on any atom is -0.465 e. The predicted octanol–water partition coefficient (Wildman–Crippen LogP) is 4.84. The van der Waals surface area contributed by atoms with Gasteiger partial charge < -0.3 is 20.0 Å². The maximum Gasteiger partial charge on any atom is 0.407 e. The Labute approximate surface area is 184 Å². The topological polar surface area (TPSA) is 81.1 Å². The monoisotopic (exact) mass is 424 g/mol. The van der Waals surface area contributed by atoms with Crippen molar-refractivity contribution in [1.82, 2.24) is 9.80 Å². The van der Waals surface area contributed by atoms with Crippen molar-refractivity contribution < 1.29 is 19.8 Å². The number of hydrogen-bond acceptors (Lipinski definition) is 2. The molecule has 2 atom stereocenters. The molecule has 0 unspecified atom stereocenters. The first kappa shape index (κ1) is 22.7. The molecular weight excluding hydrogens is 392 g/mol. The van der Waals surface area contributed by atoms with E-state index < -0.39 is 12.2 Å². The molecule has 2 aliphatic heterocycles.